The molecule has 174 valence electrons. The molecule has 0 heterocycles. The minimum Gasteiger partial charge on any atom is -0.352 e. The van der Waals surface area contributed by atoms with Gasteiger partial charge in [0.05, 0.1) is 11.9 Å². The number of carbonyl (C=O) groups excluding carboxylic acids is 2. The van der Waals surface area contributed by atoms with Gasteiger partial charge in [0.25, 0.3) is 0 Å². The van der Waals surface area contributed by atoms with E-state index in [0.717, 1.165) is 26.2 Å². The fraction of sp³-hybridized carbons (Fsp3) is 0.391. The molecule has 7 nitrogen and oxygen atoms in total. The van der Waals surface area contributed by atoms with E-state index in [9.17, 15) is 18.0 Å². The van der Waals surface area contributed by atoms with Gasteiger partial charge in [-0.15, -0.1) is 0 Å². The molecule has 1 N–H and O–H groups in total. The first kappa shape index (κ1) is 25.9. The van der Waals surface area contributed by atoms with Crippen LogP contribution in [0.1, 0.15) is 31.9 Å². The average molecular weight is 524 g/mol. The highest BCUT2D eigenvalue weighted by molar-refractivity contribution is 9.10. The third-order valence-electron chi connectivity index (χ3n) is 4.90. The molecule has 0 saturated carbocycles. The lowest BCUT2D eigenvalue weighted by Gasteiger charge is -2.32. The Balaban J connectivity index is 2.38. The van der Waals surface area contributed by atoms with E-state index in [2.05, 4.69) is 21.2 Å². The standard InChI is InChI=1S/C23H30BrN3O4S/c1-16(2)25-23(29)18(4)26(14-19-9-7-6-8-10-19)22(28)15-27(32(5,30)31)20-11-12-21(24)17(3)13-20/h6-13,16,18H,14-15H2,1-5H3,(H,25,29). The van der Waals surface area contributed by atoms with Crippen LogP contribution in [0.3, 0.4) is 0 Å². The molecular weight excluding hydrogens is 494 g/mol. The van der Waals surface area contributed by atoms with Crippen molar-refractivity contribution in [2.75, 3.05) is 17.1 Å². The zero-order chi connectivity index (χ0) is 24.1. The molecule has 0 aliphatic carbocycles. The average Bonchev–Trinajstić information content (AvgIpc) is 2.71. The van der Waals surface area contributed by atoms with Crippen LogP contribution in [0.5, 0.6) is 0 Å². The summed E-state index contributed by atoms with van der Waals surface area (Å²) < 4.78 is 27.0. The van der Waals surface area contributed by atoms with Gasteiger partial charge < -0.3 is 10.2 Å². The summed E-state index contributed by atoms with van der Waals surface area (Å²) in [5.74, 6) is -0.763. The van der Waals surface area contributed by atoms with E-state index in [1.54, 1.807) is 25.1 Å². The molecule has 0 spiro atoms. The second-order valence-electron chi connectivity index (χ2n) is 8.05. The van der Waals surface area contributed by atoms with Crippen molar-refractivity contribution in [2.24, 2.45) is 0 Å². The van der Waals surface area contributed by atoms with Crippen molar-refractivity contribution >= 4 is 43.5 Å². The van der Waals surface area contributed by atoms with E-state index < -0.39 is 28.5 Å². The maximum absolute atomic E-state index is 13.4. The quantitative estimate of drug-likeness (QED) is 0.545. The molecule has 0 aliphatic rings. The molecule has 2 rings (SSSR count). The SMILES string of the molecule is Cc1cc(N(CC(=O)N(Cc2ccccc2)C(C)C(=O)NC(C)C)S(C)(=O)=O)ccc1Br. The van der Waals surface area contributed by atoms with Crippen LogP contribution in [-0.4, -0.2) is 50.0 Å². The van der Waals surface area contributed by atoms with Crippen molar-refractivity contribution in [1.29, 1.82) is 0 Å². The maximum Gasteiger partial charge on any atom is 0.244 e. The highest BCUT2D eigenvalue weighted by Gasteiger charge is 2.30. The summed E-state index contributed by atoms with van der Waals surface area (Å²) in [6, 6.07) is 13.5. The zero-order valence-corrected chi connectivity index (χ0v) is 21.4. The molecule has 0 bridgehead atoms. The Morgan fingerprint density at radius 3 is 2.22 bits per heavy atom. The Kier molecular flexibility index (Phi) is 8.86. The van der Waals surface area contributed by atoms with Gasteiger partial charge in [-0.1, -0.05) is 46.3 Å². The summed E-state index contributed by atoms with van der Waals surface area (Å²) in [6.45, 7) is 6.95. The number of sulfonamides is 1. The number of carbonyl (C=O) groups is 2. The second kappa shape index (κ2) is 11.0. The Bertz CT molecular complexity index is 1060. The van der Waals surface area contributed by atoms with Crippen molar-refractivity contribution < 1.29 is 18.0 Å². The van der Waals surface area contributed by atoms with Crippen molar-refractivity contribution in [1.82, 2.24) is 10.2 Å². The summed E-state index contributed by atoms with van der Waals surface area (Å²) in [5, 5.41) is 2.82. The third kappa shape index (κ3) is 7.06. The number of amides is 2. The lowest BCUT2D eigenvalue weighted by atomic mass is 10.1. The molecule has 0 radical (unpaired) electrons. The normalized spacial score (nSPS) is 12.3. The summed E-state index contributed by atoms with van der Waals surface area (Å²) in [6.07, 6.45) is 1.06. The highest BCUT2D eigenvalue weighted by Crippen LogP contribution is 2.25. The predicted molar refractivity (Wildman–Crippen MR) is 131 cm³/mol. The molecule has 0 aliphatic heterocycles. The van der Waals surface area contributed by atoms with Crippen LogP contribution in [0.25, 0.3) is 0 Å². The van der Waals surface area contributed by atoms with Crippen LogP contribution in [0, 0.1) is 6.92 Å². The van der Waals surface area contributed by atoms with E-state index in [1.165, 1.54) is 4.90 Å². The number of nitrogens with one attached hydrogen (secondary N) is 1. The molecule has 0 aromatic heterocycles. The van der Waals surface area contributed by atoms with Crippen molar-refractivity contribution in [3.8, 4) is 0 Å². The van der Waals surface area contributed by atoms with Crippen molar-refractivity contribution in [3.05, 3.63) is 64.1 Å². The summed E-state index contributed by atoms with van der Waals surface area (Å²) in [5.41, 5.74) is 2.07. The van der Waals surface area contributed by atoms with E-state index in [0.29, 0.717) is 5.69 Å². The minimum atomic E-state index is -3.74. The summed E-state index contributed by atoms with van der Waals surface area (Å²) in [4.78, 5) is 27.5. The largest absolute Gasteiger partial charge is 0.352 e. The Labute approximate surface area is 199 Å². The van der Waals surface area contributed by atoms with Gasteiger partial charge >= 0.3 is 0 Å². The highest BCUT2D eigenvalue weighted by atomic mass is 79.9. The van der Waals surface area contributed by atoms with Crippen LogP contribution >= 0.6 is 15.9 Å². The van der Waals surface area contributed by atoms with Gasteiger partial charge in [0, 0.05) is 17.1 Å². The first-order chi connectivity index (χ1) is 14.9. The molecule has 1 atom stereocenters. The van der Waals surface area contributed by atoms with Crippen LogP contribution in [-0.2, 0) is 26.2 Å². The molecule has 0 fully saturated rings. The molecule has 0 saturated heterocycles. The fourth-order valence-corrected chi connectivity index (χ4v) is 4.25. The smallest absolute Gasteiger partial charge is 0.244 e. The van der Waals surface area contributed by atoms with Crippen LogP contribution in [0.15, 0.2) is 53.0 Å². The van der Waals surface area contributed by atoms with E-state index in [-0.39, 0.29) is 18.5 Å². The second-order valence-corrected chi connectivity index (χ2v) is 10.8. The third-order valence-corrected chi connectivity index (χ3v) is 6.93. The first-order valence-corrected chi connectivity index (χ1v) is 12.9. The van der Waals surface area contributed by atoms with Gasteiger partial charge in [-0.25, -0.2) is 8.42 Å². The maximum atomic E-state index is 13.4. The number of rotatable bonds is 9. The number of halogens is 1. The lowest BCUT2D eigenvalue weighted by Crippen LogP contribution is -2.52. The number of hydrogen-bond acceptors (Lipinski definition) is 4. The number of aryl methyl sites for hydroxylation is 1. The summed E-state index contributed by atoms with van der Waals surface area (Å²) >= 11 is 3.41. The predicted octanol–water partition coefficient (Wildman–Crippen LogP) is 3.47. The molecular formula is C23H30BrN3O4S. The van der Waals surface area contributed by atoms with Gasteiger partial charge in [-0.3, -0.25) is 13.9 Å². The van der Waals surface area contributed by atoms with E-state index in [1.807, 2.05) is 51.1 Å². The van der Waals surface area contributed by atoms with Crippen LogP contribution in [0.2, 0.25) is 0 Å². The summed E-state index contributed by atoms with van der Waals surface area (Å²) in [7, 11) is -3.74. The molecule has 32 heavy (non-hydrogen) atoms. The van der Waals surface area contributed by atoms with Crippen molar-refractivity contribution in [2.45, 2.75) is 46.3 Å². The Morgan fingerprint density at radius 2 is 1.69 bits per heavy atom. The van der Waals surface area contributed by atoms with Gasteiger partial charge in [-0.2, -0.15) is 0 Å². The fourth-order valence-electron chi connectivity index (χ4n) is 3.17. The van der Waals surface area contributed by atoms with Gasteiger partial charge in [0.1, 0.15) is 12.6 Å². The Morgan fingerprint density at radius 1 is 1.06 bits per heavy atom. The topological polar surface area (TPSA) is 86.8 Å². The number of benzene rings is 2. The van der Waals surface area contributed by atoms with Crippen molar-refractivity contribution in [3.63, 3.8) is 0 Å². The number of hydrogen-bond donors (Lipinski definition) is 1. The zero-order valence-electron chi connectivity index (χ0n) is 19.0. The first-order valence-electron chi connectivity index (χ1n) is 10.3. The molecule has 2 aromatic rings. The minimum absolute atomic E-state index is 0.0862. The molecule has 1 unspecified atom stereocenters. The van der Waals surface area contributed by atoms with E-state index in [4.69, 9.17) is 0 Å². The number of anilines is 1. The van der Waals surface area contributed by atoms with Gasteiger partial charge in [0.15, 0.2) is 0 Å². The monoisotopic (exact) mass is 523 g/mol. The Hall–Kier alpha value is -2.39. The van der Waals surface area contributed by atoms with E-state index >= 15 is 0 Å². The molecule has 2 aromatic carbocycles. The van der Waals surface area contributed by atoms with Crippen LogP contribution < -0.4 is 9.62 Å². The molecule has 2 amide bonds. The molecule has 9 heteroatoms. The number of nitrogens with zero attached hydrogens (tertiary/aromatic N) is 2. The lowest BCUT2D eigenvalue weighted by molar-refractivity contribution is -0.139. The van der Waals surface area contributed by atoms with Crippen LogP contribution in [0.4, 0.5) is 5.69 Å². The van der Waals surface area contributed by atoms with Gasteiger partial charge in [0.2, 0.25) is 21.8 Å². The van der Waals surface area contributed by atoms with Gasteiger partial charge in [-0.05, 0) is 57.0 Å².